The second kappa shape index (κ2) is 7.02. The summed E-state index contributed by atoms with van der Waals surface area (Å²) in [6.07, 6.45) is -0.0516. The fourth-order valence-corrected chi connectivity index (χ4v) is 4.46. The van der Waals surface area contributed by atoms with Crippen molar-refractivity contribution in [1.29, 1.82) is 0 Å². The number of esters is 1. The lowest BCUT2D eigenvalue weighted by Crippen LogP contribution is -2.46. The highest BCUT2D eigenvalue weighted by Crippen LogP contribution is 2.40. The number of rotatable bonds is 5. The van der Waals surface area contributed by atoms with Gasteiger partial charge in [0.2, 0.25) is 0 Å². The second-order valence-electron chi connectivity index (χ2n) is 7.75. The number of hydrogen-bond donors (Lipinski definition) is 1. The van der Waals surface area contributed by atoms with E-state index in [1.165, 1.54) is 0 Å². The van der Waals surface area contributed by atoms with Crippen LogP contribution in [-0.2, 0) is 37.8 Å². The molecule has 0 bridgehead atoms. The van der Waals surface area contributed by atoms with E-state index in [-0.39, 0.29) is 31.6 Å². The van der Waals surface area contributed by atoms with Gasteiger partial charge < -0.3 is 19.1 Å². The van der Waals surface area contributed by atoms with Gasteiger partial charge in [-0.2, -0.15) is 0 Å². The summed E-state index contributed by atoms with van der Waals surface area (Å²) in [7, 11) is 0. The Bertz CT molecular complexity index is 1310. The number of carbonyl (C=O) groups is 2. The number of aliphatic carboxylic acids is 1. The van der Waals surface area contributed by atoms with Crippen LogP contribution in [0, 0.1) is 0 Å². The Labute approximate surface area is 177 Å². The van der Waals surface area contributed by atoms with E-state index in [4.69, 9.17) is 19.6 Å². The van der Waals surface area contributed by atoms with E-state index >= 15 is 0 Å². The summed E-state index contributed by atoms with van der Waals surface area (Å²) in [6.45, 7) is 1.84. The van der Waals surface area contributed by atoms with Crippen LogP contribution in [-0.4, -0.2) is 33.2 Å². The molecule has 4 heterocycles. The normalized spacial score (nSPS) is 18.9. The number of pyridine rings is 2. The lowest BCUT2D eigenvalue weighted by molar-refractivity contribution is -0.182. The molecule has 1 N–H and O–H groups in total. The van der Waals surface area contributed by atoms with E-state index in [1.807, 2.05) is 30.3 Å². The second-order valence-corrected chi connectivity index (χ2v) is 7.75. The van der Waals surface area contributed by atoms with Crippen molar-refractivity contribution in [2.45, 2.75) is 38.5 Å². The molecule has 0 fully saturated rings. The number of ether oxygens (including phenoxy) is 2. The summed E-state index contributed by atoms with van der Waals surface area (Å²) >= 11 is 0. The van der Waals surface area contributed by atoms with Gasteiger partial charge in [-0.25, -0.2) is 9.78 Å². The summed E-state index contributed by atoms with van der Waals surface area (Å²) < 4.78 is 12.8. The molecular weight excluding hydrogens is 400 g/mol. The number of aromatic nitrogens is 2. The lowest BCUT2D eigenvalue weighted by atomic mass is 9.85. The highest BCUT2D eigenvalue weighted by Gasteiger charge is 2.48. The minimum Gasteiger partial charge on any atom is -0.481 e. The summed E-state index contributed by atoms with van der Waals surface area (Å²) in [4.78, 5) is 41.9. The van der Waals surface area contributed by atoms with Gasteiger partial charge in [-0.05, 0) is 24.6 Å². The Hall–Kier alpha value is -3.52. The first-order chi connectivity index (χ1) is 14.9. The summed E-state index contributed by atoms with van der Waals surface area (Å²) in [5.74, 6) is -1.64. The first-order valence-corrected chi connectivity index (χ1v) is 10.1. The molecule has 1 atom stereocenters. The van der Waals surface area contributed by atoms with Gasteiger partial charge in [-0.15, -0.1) is 0 Å². The maximum Gasteiger partial charge on any atom is 0.343 e. The van der Waals surface area contributed by atoms with Gasteiger partial charge in [0.1, 0.15) is 6.61 Å². The molecule has 0 saturated carbocycles. The van der Waals surface area contributed by atoms with E-state index in [2.05, 4.69) is 0 Å². The van der Waals surface area contributed by atoms with Crippen LogP contribution in [0.25, 0.3) is 22.3 Å². The molecule has 0 unspecified atom stereocenters. The van der Waals surface area contributed by atoms with Crippen LogP contribution in [0.15, 0.2) is 41.2 Å². The van der Waals surface area contributed by atoms with Gasteiger partial charge in [0.05, 0.1) is 42.0 Å². The maximum absolute atomic E-state index is 13.4. The Kier molecular flexibility index (Phi) is 4.40. The number of carbonyl (C=O) groups excluding carboxylic acids is 1. The highest BCUT2D eigenvalue weighted by molar-refractivity contribution is 5.86. The van der Waals surface area contributed by atoms with Gasteiger partial charge in [0, 0.05) is 16.5 Å². The Balaban J connectivity index is 1.69. The predicted octanol–water partition coefficient (Wildman–Crippen LogP) is 2.58. The summed E-state index contributed by atoms with van der Waals surface area (Å²) in [5, 5.41) is 9.96. The number of carboxylic acids is 1. The number of para-hydroxylation sites is 1. The molecule has 2 aromatic heterocycles. The molecule has 0 radical (unpaired) electrons. The molecule has 8 heteroatoms. The molecule has 2 aliphatic heterocycles. The smallest absolute Gasteiger partial charge is 0.343 e. The first kappa shape index (κ1) is 19.4. The highest BCUT2D eigenvalue weighted by atomic mass is 16.6. The van der Waals surface area contributed by atoms with Crippen molar-refractivity contribution in [3.8, 4) is 11.4 Å². The monoisotopic (exact) mass is 420 g/mol. The van der Waals surface area contributed by atoms with Crippen LogP contribution in [0.3, 0.4) is 0 Å². The van der Waals surface area contributed by atoms with Crippen LogP contribution in [0.5, 0.6) is 0 Å². The Morgan fingerprint density at radius 3 is 2.87 bits per heavy atom. The van der Waals surface area contributed by atoms with Crippen molar-refractivity contribution in [2.24, 2.45) is 0 Å². The van der Waals surface area contributed by atoms with E-state index in [9.17, 15) is 14.4 Å². The molecule has 1 aromatic carbocycles. The fraction of sp³-hybridized carbons (Fsp3) is 0.304. The zero-order valence-electron chi connectivity index (χ0n) is 16.9. The topological polar surface area (TPSA) is 108 Å². The number of hydrogen-bond acceptors (Lipinski definition) is 6. The van der Waals surface area contributed by atoms with Crippen LogP contribution in [0.1, 0.15) is 36.5 Å². The van der Waals surface area contributed by atoms with Crippen LogP contribution >= 0.6 is 0 Å². The summed E-state index contributed by atoms with van der Waals surface area (Å²) in [6, 6.07) is 11.6. The van der Waals surface area contributed by atoms with Crippen LogP contribution in [0.4, 0.5) is 0 Å². The zero-order valence-corrected chi connectivity index (χ0v) is 16.9. The molecule has 2 aliphatic rings. The standard InChI is InChI=1S/C23H20N2O6/c1-2-23(31-8-7-19(26)27)16-10-18-20-14(9-13-5-3-4-6-17(13)24-20)11-25(18)21(28)15(16)12-30-22(23)29/h3-6,9-10H,2,7-8,11-12H2,1H3,(H,26,27)/t23-/m0/s1. The van der Waals surface area contributed by atoms with Gasteiger partial charge in [-0.1, -0.05) is 25.1 Å². The molecule has 0 amide bonds. The van der Waals surface area contributed by atoms with E-state index in [1.54, 1.807) is 17.6 Å². The number of benzene rings is 1. The number of cyclic esters (lactones) is 1. The molecule has 0 aliphatic carbocycles. The van der Waals surface area contributed by atoms with E-state index in [0.717, 1.165) is 16.5 Å². The van der Waals surface area contributed by atoms with Gasteiger partial charge in [-0.3, -0.25) is 9.59 Å². The molecule has 3 aromatic rings. The summed E-state index contributed by atoms with van der Waals surface area (Å²) in [5.41, 5.74) is 2.11. The molecule has 31 heavy (non-hydrogen) atoms. The Morgan fingerprint density at radius 2 is 2.10 bits per heavy atom. The SMILES string of the molecule is CC[C@@]1(OCCC(=O)O)C(=O)OCc2c1cc1n(c2=O)Cc2cc3ccccc3nc2-1. The van der Waals surface area contributed by atoms with Crippen molar-refractivity contribution < 1.29 is 24.2 Å². The third-order valence-electron chi connectivity index (χ3n) is 6.05. The maximum atomic E-state index is 13.4. The van der Waals surface area contributed by atoms with E-state index in [0.29, 0.717) is 29.1 Å². The van der Waals surface area contributed by atoms with Crippen molar-refractivity contribution >= 4 is 22.8 Å². The number of nitrogens with zero attached hydrogens (tertiary/aromatic N) is 2. The van der Waals surface area contributed by atoms with Gasteiger partial charge in [0.15, 0.2) is 5.60 Å². The number of fused-ring (bicyclic) bond motifs is 5. The number of carboxylic acid groups (broad SMARTS) is 1. The van der Waals surface area contributed by atoms with E-state index < -0.39 is 17.5 Å². The minimum absolute atomic E-state index is 0.136. The van der Waals surface area contributed by atoms with Crippen molar-refractivity contribution in [1.82, 2.24) is 9.55 Å². The fourth-order valence-electron chi connectivity index (χ4n) is 4.46. The largest absolute Gasteiger partial charge is 0.481 e. The lowest BCUT2D eigenvalue weighted by Gasteiger charge is -2.36. The van der Waals surface area contributed by atoms with Crippen molar-refractivity contribution in [3.63, 3.8) is 0 Å². The average Bonchev–Trinajstić information content (AvgIpc) is 3.11. The average molecular weight is 420 g/mol. The minimum atomic E-state index is -1.52. The molecule has 0 spiro atoms. The molecule has 5 rings (SSSR count). The van der Waals surface area contributed by atoms with Crippen molar-refractivity contribution in [2.75, 3.05) is 6.61 Å². The van der Waals surface area contributed by atoms with Crippen LogP contribution in [0.2, 0.25) is 0 Å². The molecular formula is C23H20N2O6. The zero-order chi connectivity index (χ0) is 21.8. The van der Waals surface area contributed by atoms with Crippen LogP contribution < -0.4 is 5.56 Å². The molecule has 8 nitrogen and oxygen atoms in total. The third-order valence-corrected chi connectivity index (χ3v) is 6.05. The predicted molar refractivity (Wildman–Crippen MR) is 111 cm³/mol. The molecule has 0 saturated heterocycles. The Morgan fingerprint density at radius 1 is 1.29 bits per heavy atom. The first-order valence-electron chi connectivity index (χ1n) is 10.1. The molecule has 158 valence electrons. The van der Waals surface area contributed by atoms with Crippen molar-refractivity contribution in [3.05, 3.63) is 63.4 Å². The van der Waals surface area contributed by atoms with Gasteiger partial charge >= 0.3 is 11.9 Å². The quantitative estimate of drug-likeness (QED) is 0.495. The van der Waals surface area contributed by atoms with Gasteiger partial charge in [0.25, 0.3) is 5.56 Å². The third kappa shape index (κ3) is 2.86.